The van der Waals surface area contributed by atoms with E-state index < -0.39 is 73.8 Å². The van der Waals surface area contributed by atoms with Crippen LogP contribution < -0.4 is 20.1 Å². The molecule has 0 spiro atoms. The maximum absolute atomic E-state index is 14.8. The zero-order chi connectivity index (χ0) is 45.8. The number of carbonyl (C=O) groups is 4. The van der Waals surface area contributed by atoms with E-state index in [0.717, 1.165) is 18.4 Å². The predicted molar refractivity (Wildman–Crippen MR) is 240 cm³/mol. The number of nitrogens with one attached hydrogen (secondary N) is 3. The van der Waals surface area contributed by atoms with E-state index in [9.17, 15) is 32.0 Å². The highest BCUT2D eigenvalue weighted by atomic mass is 32.2. The van der Waals surface area contributed by atoms with Crippen LogP contribution in [-0.4, -0.2) is 92.3 Å². The Hall–Kier alpha value is -5.36. The molecule has 64 heavy (non-hydrogen) atoms. The number of nitrogens with zero attached hydrogens (tertiary/aromatic N) is 4. The minimum absolute atomic E-state index is 0.00204. The maximum atomic E-state index is 14.8. The second-order valence-corrected chi connectivity index (χ2v) is 22.0. The van der Waals surface area contributed by atoms with Crippen LogP contribution in [0, 0.1) is 11.7 Å². The minimum atomic E-state index is -4.03. The molecule has 3 fully saturated rings. The second kappa shape index (κ2) is 17.2. The lowest BCUT2D eigenvalue weighted by molar-refractivity contribution is -0.141. The van der Waals surface area contributed by atoms with E-state index >= 15 is 0 Å². The minimum Gasteiger partial charge on any atom is -0.459 e. The summed E-state index contributed by atoms with van der Waals surface area (Å²) in [6.07, 6.45) is 6.33. The van der Waals surface area contributed by atoms with Gasteiger partial charge in [-0.3, -0.25) is 23.7 Å². The topological polar surface area (TPSA) is 191 Å². The van der Waals surface area contributed by atoms with Gasteiger partial charge < -0.3 is 25.0 Å². The van der Waals surface area contributed by atoms with E-state index in [0.29, 0.717) is 53.0 Å². The first kappa shape index (κ1) is 45.2. The van der Waals surface area contributed by atoms with Gasteiger partial charge in [-0.1, -0.05) is 43.2 Å². The van der Waals surface area contributed by atoms with Crippen molar-refractivity contribution in [2.45, 2.75) is 139 Å². The number of sulfonamides is 1. The van der Waals surface area contributed by atoms with Crippen molar-refractivity contribution in [1.29, 1.82) is 0 Å². The second-order valence-electron chi connectivity index (χ2n) is 19.0. The first-order valence-corrected chi connectivity index (χ1v) is 24.4. The van der Waals surface area contributed by atoms with Gasteiger partial charge in [0.1, 0.15) is 45.7 Å². The van der Waals surface area contributed by atoms with E-state index in [1.54, 1.807) is 51.3 Å². The number of thiazole rings is 1. The van der Waals surface area contributed by atoms with Crippen molar-refractivity contribution < 1.29 is 41.5 Å². The van der Waals surface area contributed by atoms with E-state index in [1.165, 1.54) is 22.3 Å². The molecular formula is C46H56FN7O8S2. The number of halogens is 1. The van der Waals surface area contributed by atoms with Gasteiger partial charge in [0.25, 0.3) is 11.9 Å². The number of hydrogen-bond donors (Lipinski definition) is 3. The Labute approximate surface area is 376 Å². The van der Waals surface area contributed by atoms with Crippen LogP contribution in [0.4, 0.5) is 9.18 Å². The van der Waals surface area contributed by atoms with E-state index in [2.05, 4.69) is 15.4 Å². The SMILES string of the molecule is CC(C)n1c(O[C@@H]2C[C@H]3C(=O)N[C@]4(C(=O)NS(=O)(=O)C5(C)CC5)C[C@H]4C=CCCCCC[C@H](NC(=O)OC(C)(C)C)C(=O)N3C2)nc2c(-c3nc(-c4ccccc4F)cs3)cccc21. The van der Waals surface area contributed by atoms with E-state index in [4.69, 9.17) is 19.4 Å². The zero-order valence-electron chi connectivity index (χ0n) is 37.0. The third-order valence-corrected chi connectivity index (χ3v) is 15.6. The number of hydrogen-bond acceptors (Lipinski definition) is 11. The molecule has 18 heteroatoms. The quantitative estimate of drug-likeness (QED) is 0.145. The Kier molecular flexibility index (Phi) is 12.2. The molecule has 2 aliphatic carbocycles. The van der Waals surface area contributed by atoms with Gasteiger partial charge >= 0.3 is 6.09 Å². The molecule has 4 heterocycles. The van der Waals surface area contributed by atoms with Crippen molar-refractivity contribution >= 4 is 56.2 Å². The molecule has 0 unspecified atom stereocenters. The maximum Gasteiger partial charge on any atom is 0.408 e. The highest BCUT2D eigenvalue weighted by Gasteiger charge is 2.63. The van der Waals surface area contributed by atoms with Gasteiger partial charge in [0.2, 0.25) is 21.8 Å². The summed E-state index contributed by atoms with van der Waals surface area (Å²) in [7, 11) is -4.03. The molecule has 2 aliphatic heterocycles. The van der Waals surface area contributed by atoms with Gasteiger partial charge in [-0.15, -0.1) is 11.3 Å². The number of carbonyl (C=O) groups excluding carboxylic acids is 4. The first-order valence-electron chi connectivity index (χ1n) is 22.0. The van der Waals surface area contributed by atoms with Crippen LogP contribution >= 0.6 is 11.3 Å². The lowest BCUT2D eigenvalue weighted by Crippen LogP contribution is -2.58. The van der Waals surface area contributed by atoms with Gasteiger partial charge in [-0.05, 0) is 104 Å². The Balaban J connectivity index is 1.12. The van der Waals surface area contributed by atoms with Crippen LogP contribution in [0.3, 0.4) is 0 Å². The zero-order valence-corrected chi connectivity index (χ0v) is 38.6. The standard InChI is InChI=1S/C46H56FN7O8S2/c1-27(2)54-35-20-14-17-31(39-48-34(26-63-39)30-16-12-13-18-32(30)47)37(35)50-42(54)61-29-23-36-38(55)51-46(41(57)52-64(59,60)45(6)21-22-45)24-28(46)15-10-8-7-9-11-19-33(40(56)53(36)25-29)49-43(58)62-44(3,4)5/h10,12-18,20,26-29,33,36H,7-9,11,19,21-25H2,1-6H3,(H,49,58)(H,51,55)(H,52,57)/t28-,29-,33+,36+,46-/m1/s1. The number of amides is 4. The molecule has 1 saturated heterocycles. The molecule has 0 radical (unpaired) electrons. The Morgan fingerprint density at radius 1 is 1.03 bits per heavy atom. The summed E-state index contributed by atoms with van der Waals surface area (Å²) in [5.74, 6) is -2.83. The average Bonchev–Trinajstić information content (AvgIpc) is 3.90. The normalized spacial score (nSPS) is 24.8. The van der Waals surface area contributed by atoms with Crippen molar-refractivity contribution in [1.82, 2.24) is 34.8 Å². The number of ether oxygens (including phenoxy) is 2. The number of alkyl carbamates (subject to hydrolysis) is 1. The Bertz CT molecular complexity index is 2620. The first-order chi connectivity index (χ1) is 30.3. The fraction of sp³-hybridized carbons (Fsp3) is 0.522. The van der Waals surface area contributed by atoms with Crippen LogP contribution in [0.2, 0.25) is 0 Å². The Morgan fingerprint density at radius 2 is 1.78 bits per heavy atom. The molecule has 2 saturated carbocycles. The molecule has 342 valence electrons. The smallest absolute Gasteiger partial charge is 0.408 e. The van der Waals surface area contributed by atoms with Gasteiger partial charge in [-0.25, -0.2) is 22.6 Å². The van der Waals surface area contributed by atoms with Gasteiger partial charge in [0, 0.05) is 34.9 Å². The third-order valence-electron chi connectivity index (χ3n) is 12.5. The number of imidazole rings is 1. The van der Waals surface area contributed by atoms with Crippen molar-refractivity contribution in [3.05, 3.63) is 65.8 Å². The highest BCUT2D eigenvalue weighted by Crippen LogP contribution is 2.48. The molecular weight excluding hydrogens is 862 g/mol. The lowest BCUT2D eigenvalue weighted by atomic mass is 10.0. The van der Waals surface area contributed by atoms with Gasteiger partial charge in [-0.2, -0.15) is 4.98 Å². The summed E-state index contributed by atoms with van der Waals surface area (Å²) in [5.41, 5.74) is 0.559. The van der Waals surface area contributed by atoms with Crippen molar-refractivity contribution in [2.24, 2.45) is 5.92 Å². The summed E-state index contributed by atoms with van der Waals surface area (Å²) in [5, 5.41) is 8.11. The van der Waals surface area contributed by atoms with Crippen molar-refractivity contribution in [3.8, 4) is 27.8 Å². The van der Waals surface area contributed by atoms with Crippen molar-refractivity contribution in [2.75, 3.05) is 6.54 Å². The highest BCUT2D eigenvalue weighted by molar-refractivity contribution is 7.91. The molecule has 5 atom stereocenters. The number of allylic oxidation sites excluding steroid dienone is 1. The molecule has 15 nitrogen and oxygen atoms in total. The Morgan fingerprint density at radius 3 is 2.50 bits per heavy atom. The third kappa shape index (κ3) is 9.12. The number of rotatable bonds is 9. The van der Waals surface area contributed by atoms with E-state index in [-0.39, 0.29) is 43.7 Å². The molecule has 2 aromatic carbocycles. The number of fused-ring (bicyclic) bond motifs is 3. The van der Waals surface area contributed by atoms with Crippen LogP contribution in [0.1, 0.15) is 105 Å². The largest absolute Gasteiger partial charge is 0.459 e. The predicted octanol–water partition coefficient (Wildman–Crippen LogP) is 7.18. The number of benzene rings is 2. The summed E-state index contributed by atoms with van der Waals surface area (Å²) in [4.78, 5) is 67.8. The summed E-state index contributed by atoms with van der Waals surface area (Å²) in [6.45, 7) is 10.7. The van der Waals surface area contributed by atoms with Gasteiger partial charge in [0.05, 0.1) is 22.5 Å². The van der Waals surface area contributed by atoms with E-state index in [1.807, 2.05) is 48.8 Å². The fourth-order valence-corrected chi connectivity index (χ4v) is 10.7. The lowest BCUT2D eigenvalue weighted by Gasteiger charge is -2.30. The summed E-state index contributed by atoms with van der Waals surface area (Å²) < 4.78 is 56.7. The van der Waals surface area contributed by atoms with Gasteiger partial charge in [0.15, 0.2) is 0 Å². The monoisotopic (exact) mass is 917 g/mol. The molecule has 2 aromatic heterocycles. The summed E-state index contributed by atoms with van der Waals surface area (Å²) in [6, 6.07) is 10.0. The number of aromatic nitrogens is 3. The molecule has 8 rings (SSSR count). The molecule has 0 bridgehead atoms. The molecule has 4 amide bonds. The van der Waals surface area contributed by atoms with Crippen LogP contribution in [0.15, 0.2) is 60.0 Å². The molecule has 4 aromatic rings. The van der Waals surface area contributed by atoms with Crippen LogP contribution in [0.25, 0.3) is 32.9 Å². The van der Waals surface area contributed by atoms with Crippen LogP contribution in [0.5, 0.6) is 6.01 Å². The average molecular weight is 918 g/mol. The number of para-hydroxylation sites is 1. The molecule has 3 N–H and O–H groups in total. The molecule has 4 aliphatic rings. The van der Waals surface area contributed by atoms with Crippen LogP contribution in [-0.2, 0) is 29.1 Å². The fourth-order valence-electron chi connectivity index (χ4n) is 8.59. The van der Waals surface area contributed by atoms with Crippen molar-refractivity contribution in [3.63, 3.8) is 0 Å². The summed E-state index contributed by atoms with van der Waals surface area (Å²) >= 11 is 1.36.